The van der Waals surface area contributed by atoms with Crippen molar-refractivity contribution in [2.45, 2.75) is 25.1 Å². The summed E-state index contributed by atoms with van der Waals surface area (Å²) in [7, 11) is 3.39. The summed E-state index contributed by atoms with van der Waals surface area (Å²) in [4.78, 5) is 16.4. The van der Waals surface area contributed by atoms with Crippen LogP contribution in [0.4, 0.5) is 18.9 Å². The average molecular weight is 494 g/mol. The highest BCUT2D eigenvalue weighted by molar-refractivity contribution is 6.32. The van der Waals surface area contributed by atoms with Crippen molar-refractivity contribution in [1.82, 2.24) is 20.0 Å². The fourth-order valence-corrected chi connectivity index (χ4v) is 4.14. The molecule has 1 aromatic carbocycles. The van der Waals surface area contributed by atoms with E-state index in [0.29, 0.717) is 43.5 Å². The highest BCUT2D eigenvalue weighted by Crippen LogP contribution is 2.34. The lowest BCUT2D eigenvalue weighted by Gasteiger charge is -2.37. The smallest absolute Gasteiger partial charge is 0.435 e. The van der Waals surface area contributed by atoms with E-state index in [1.54, 1.807) is 12.0 Å². The number of alkyl halides is 4. The Kier molecular flexibility index (Phi) is 7.79. The summed E-state index contributed by atoms with van der Waals surface area (Å²) in [6.07, 6.45) is -3.44. The number of rotatable bonds is 7. The van der Waals surface area contributed by atoms with Crippen LogP contribution in [0.15, 0.2) is 18.3 Å². The Morgan fingerprint density at radius 2 is 1.91 bits per heavy atom. The predicted octanol–water partition coefficient (Wildman–Crippen LogP) is 3.37. The number of piperazine rings is 1. The summed E-state index contributed by atoms with van der Waals surface area (Å²) in [6.45, 7) is 2.32. The van der Waals surface area contributed by atoms with Crippen LogP contribution in [0, 0.1) is 0 Å². The van der Waals surface area contributed by atoms with E-state index in [0.717, 1.165) is 15.9 Å². The zero-order valence-electron chi connectivity index (χ0n) is 17.7. The number of nitrogens with one attached hydrogen (secondary N) is 1. The number of ether oxygens (including phenoxy) is 1. The van der Waals surface area contributed by atoms with Crippen LogP contribution >= 0.6 is 23.2 Å². The van der Waals surface area contributed by atoms with E-state index in [1.165, 1.54) is 6.20 Å². The molecule has 0 bridgehead atoms. The molecule has 1 aromatic heterocycles. The number of carbonyl (C=O) groups is 1. The van der Waals surface area contributed by atoms with Gasteiger partial charge in [0.2, 0.25) is 5.91 Å². The van der Waals surface area contributed by atoms with Gasteiger partial charge in [0, 0.05) is 56.2 Å². The van der Waals surface area contributed by atoms with Crippen molar-refractivity contribution in [3.63, 3.8) is 0 Å². The van der Waals surface area contributed by atoms with E-state index in [1.807, 2.05) is 19.2 Å². The van der Waals surface area contributed by atoms with E-state index in [4.69, 9.17) is 27.9 Å². The second-order valence-electron chi connectivity index (χ2n) is 7.35. The lowest BCUT2D eigenvalue weighted by Crippen LogP contribution is -2.50. The molecule has 3 rings (SSSR count). The molecule has 0 aliphatic carbocycles. The number of methoxy groups -OCH3 is 1. The quantitative estimate of drug-likeness (QED) is 0.599. The molecule has 1 saturated heterocycles. The Morgan fingerprint density at radius 1 is 1.22 bits per heavy atom. The van der Waals surface area contributed by atoms with Crippen LogP contribution in [0.5, 0.6) is 5.75 Å². The molecule has 1 aliphatic rings. The maximum absolute atomic E-state index is 13.1. The molecule has 1 N–H and O–H groups in total. The third-order valence-electron chi connectivity index (χ3n) is 5.24. The van der Waals surface area contributed by atoms with E-state index >= 15 is 0 Å². The summed E-state index contributed by atoms with van der Waals surface area (Å²) >= 11 is 11.9. The Hall–Kier alpha value is -2.17. The molecule has 32 heavy (non-hydrogen) atoms. The van der Waals surface area contributed by atoms with Crippen LogP contribution in [-0.4, -0.2) is 60.9 Å². The number of carbonyl (C=O) groups excluding carboxylic acids is 1. The molecular formula is C20H24Cl2F3N5O2. The summed E-state index contributed by atoms with van der Waals surface area (Å²) < 4.78 is 45.5. The fraction of sp³-hybridized carbons (Fsp3) is 0.500. The third kappa shape index (κ3) is 5.41. The number of halogens is 5. The lowest BCUT2D eigenvalue weighted by atomic mass is 10.1. The zero-order valence-corrected chi connectivity index (χ0v) is 19.2. The SMILES string of the molecule is CNCc1cc(Cl)c(OC)cc1N1CCN(C(=O)Cn2cc(CCl)c(C(F)(F)F)n2)CC1. The summed E-state index contributed by atoms with van der Waals surface area (Å²) in [5, 5.41) is 7.16. The van der Waals surface area contributed by atoms with Crippen molar-refractivity contribution >= 4 is 34.8 Å². The first-order valence-electron chi connectivity index (χ1n) is 9.91. The average Bonchev–Trinajstić information content (AvgIpc) is 3.18. The number of nitrogens with zero attached hydrogens (tertiary/aromatic N) is 4. The number of hydrogen-bond acceptors (Lipinski definition) is 5. The van der Waals surface area contributed by atoms with Crippen LogP contribution in [0.1, 0.15) is 16.8 Å². The van der Waals surface area contributed by atoms with Gasteiger partial charge in [-0.1, -0.05) is 11.6 Å². The van der Waals surface area contributed by atoms with Gasteiger partial charge in [-0.15, -0.1) is 11.6 Å². The molecule has 0 unspecified atom stereocenters. The number of aromatic nitrogens is 2. The van der Waals surface area contributed by atoms with Crippen molar-refractivity contribution in [3.8, 4) is 5.75 Å². The minimum absolute atomic E-state index is 0.148. The number of amides is 1. The summed E-state index contributed by atoms with van der Waals surface area (Å²) in [5.41, 5.74) is 0.758. The molecule has 1 fully saturated rings. The number of anilines is 1. The van der Waals surface area contributed by atoms with Gasteiger partial charge >= 0.3 is 6.18 Å². The van der Waals surface area contributed by atoms with Crippen LogP contribution in [0.2, 0.25) is 5.02 Å². The molecule has 0 atom stereocenters. The Morgan fingerprint density at radius 3 is 2.44 bits per heavy atom. The summed E-state index contributed by atoms with van der Waals surface area (Å²) in [5.74, 6) is -0.0679. The first-order valence-corrected chi connectivity index (χ1v) is 10.8. The summed E-state index contributed by atoms with van der Waals surface area (Å²) in [6, 6.07) is 3.73. The molecule has 0 saturated carbocycles. The van der Waals surface area contributed by atoms with E-state index in [-0.39, 0.29) is 23.9 Å². The van der Waals surface area contributed by atoms with Gasteiger partial charge in [-0.05, 0) is 18.7 Å². The van der Waals surface area contributed by atoms with E-state index < -0.39 is 11.9 Å². The molecule has 0 radical (unpaired) electrons. The number of hydrogen-bond donors (Lipinski definition) is 1. The Balaban J connectivity index is 1.67. The van der Waals surface area contributed by atoms with Crippen molar-refractivity contribution < 1.29 is 22.7 Å². The first-order chi connectivity index (χ1) is 15.2. The van der Waals surface area contributed by atoms with Gasteiger partial charge in [0.05, 0.1) is 18.0 Å². The molecule has 1 aliphatic heterocycles. The Labute approximate surface area is 194 Å². The van der Waals surface area contributed by atoms with Gasteiger partial charge in [0.25, 0.3) is 0 Å². The van der Waals surface area contributed by atoms with Crippen LogP contribution in [0.25, 0.3) is 0 Å². The zero-order chi connectivity index (χ0) is 23.5. The van der Waals surface area contributed by atoms with E-state index in [2.05, 4.69) is 15.3 Å². The number of benzene rings is 1. The topological polar surface area (TPSA) is 62.6 Å². The largest absolute Gasteiger partial charge is 0.495 e. The molecule has 12 heteroatoms. The second kappa shape index (κ2) is 10.2. The normalized spacial score (nSPS) is 14.7. The molecule has 1 amide bonds. The maximum Gasteiger partial charge on any atom is 0.435 e. The van der Waals surface area contributed by atoms with Gasteiger partial charge in [-0.2, -0.15) is 18.3 Å². The van der Waals surface area contributed by atoms with Crippen LogP contribution in [-0.2, 0) is 29.9 Å². The van der Waals surface area contributed by atoms with Crippen molar-refractivity contribution in [3.05, 3.63) is 40.2 Å². The molecule has 0 spiro atoms. The van der Waals surface area contributed by atoms with E-state index in [9.17, 15) is 18.0 Å². The predicted molar refractivity (Wildman–Crippen MR) is 116 cm³/mol. The molecule has 7 nitrogen and oxygen atoms in total. The van der Waals surface area contributed by atoms with Gasteiger partial charge in [-0.3, -0.25) is 9.48 Å². The molecule has 2 aromatic rings. The second-order valence-corrected chi connectivity index (χ2v) is 8.02. The molecule has 2 heterocycles. The van der Waals surface area contributed by atoms with Gasteiger partial charge < -0.3 is 19.9 Å². The first kappa shape index (κ1) is 24.5. The highest BCUT2D eigenvalue weighted by atomic mass is 35.5. The Bertz CT molecular complexity index is 959. The lowest BCUT2D eigenvalue weighted by molar-refractivity contribution is -0.142. The van der Waals surface area contributed by atoms with Crippen LogP contribution in [0.3, 0.4) is 0 Å². The van der Waals surface area contributed by atoms with Gasteiger partial charge in [0.15, 0.2) is 5.69 Å². The van der Waals surface area contributed by atoms with Crippen molar-refractivity contribution in [2.75, 3.05) is 45.2 Å². The third-order valence-corrected chi connectivity index (χ3v) is 5.82. The minimum atomic E-state index is -4.62. The minimum Gasteiger partial charge on any atom is -0.495 e. The maximum atomic E-state index is 13.1. The van der Waals surface area contributed by atoms with Crippen LogP contribution < -0.4 is 15.0 Å². The molecule has 176 valence electrons. The monoisotopic (exact) mass is 493 g/mol. The highest BCUT2D eigenvalue weighted by Gasteiger charge is 2.37. The van der Waals surface area contributed by atoms with Gasteiger partial charge in [0.1, 0.15) is 12.3 Å². The standard InChI is InChI=1S/C20H24Cl2F3N5O2/c1-26-10-13-7-15(22)17(32-2)8-16(13)28-3-5-29(6-4-28)18(31)12-30-11-14(9-21)19(27-30)20(23,24)25/h7-8,11,26H,3-6,9-10,12H2,1-2H3. The fourth-order valence-electron chi connectivity index (χ4n) is 3.68. The van der Waals surface area contributed by atoms with Crippen molar-refractivity contribution in [1.29, 1.82) is 0 Å². The molecular weight excluding hydrogens is 470 g/mol. The van der Waals surface area contributed by atoms with Gasteiger partial charge in [-0.25, -0.2) is 0 Å². The van der Waals surface area contributed by atoms with Crippen molar-refractivity contribution in [2.24, 2.45) is 0 Å².